The Bertz CT molecular complexity index is 765. The molecule has 0 radical (unpaired) electrons. The summed E-state index contributed by atoms with van der Waals surface area (Å²) >= 11 is 1.59. The van der Waals surface area contributed by atoms with Crippen LogP contribution in [0.25, 0.3) is 0 Å². The van der Waals surface area contributed by atoms with Crippen LogP contribution in [0.2, 0.25) is 0 Å². The van der Waals surface area contributed by atoms with Crippen molar-refractivity contribution in [3.8, 4) is 0 Å². The van der Waals surface area contributed by atoms with Crippen molar-refractivity contribution in [1.29, 1.82) is 0 Å². The highest BCUT2D eigenvalue weighted by Gasteiger charge is 2.28. The van der Waals surface area contributed by atoms with Gasteiger partial charge in [-0.25, -0.2) is 13.4 Å². The monoisotopic (exact) mass is 379 g/mol. The predicted octanol–water partition coefficient (Wildman–Crippen LogP) is 3.16. The van der Waals surface area contributed by atoms with E-state index in [0.717, 1.165) is 31.7 Å². The molecule has 0 aliphatic carbocycles. The number of nitrogens with zero attached hydrogens (tertiary/aromatic N) is 3. The molecule has 3 rings (SSSR count). The molecule has 7 heteroatoms. The van der Waals surface area contributed by atoms with Gasteiger partial charge < -0.3 is 0 Å². The van der Waals surface area contributed by atoms with Crippen LogP contribution < -0.4 is 0 Å². The molecule has 2 heterocycles. The Hall–Kier alpha value is -1.28. The average molecular weight is 380 g/mol. The van der Waals surface area contributed by atoms with Gasteiger partial charge in [-0.1, -0.05) is 26.0 Å². The standard InChI is InChI=1S/C18H25N3O2S2/c1-3-15(2)16-4-6-18(7-5-16)25(22,23)21-10-8-20(9-11-21)12-17-13-24-14-19-17/h4-7,13-15H,3,8-12H2,1-2H3. The maximum atomic E-state index is 12.9. The summed E-state index contributed by atoms with van der Waals surface area (Å²) in [6.07, 6.45) is 1.05. The number of benzene rings is 1. The molecule has 5 nitrogen and oxygen atoms in total. The van der Waals surface area contributed by atoms with E-state index in [2.05, 4.69) is 23.7 Å². The lowest BCUT2D eigenvalue weighted by Crippen LogP contribution is -2.48. The van der Waals surface area contributed by atoms with Crippen molar-refractivity contribution in [1.82, 2.24) is 14.2 Å². The number of aromatic nitrogens is 1. The van der Waals surface area contributed by atoms with Crippen molar-refractivity contribution in [2.45, 2.75) is 37.6 Å². The minimum Gasteiger partial charge on any atom is -0.295 e. The van der Waals surface area contributed by atoms with E-state index in [1.807, 2.05) is 23.0 Å². The van der Waals surface area contributed by atoms with Gasteiger partial charge in [-0.2, -0.15) is 4.31 Å². The van der Waals surface area contributed by atoms with Gasteiger partial charge in [-0.15, -0.1) is 11.3 Å². The van der Waals surface area contributed by atoms with Gasteiger partial charge in [0.05, 0.1) is 16.1 Å². The highest BCUT2D eigenvalue weighted by molar-refractivity contribution is 7.89. The van der Waals surface area contributed by atoms with Gasteiger partial charge in [0.2, 0.25) is 10.0 Å². The maximum Gasteiger partial charge on any atom is 0.243 e. The first-order chi connectivity index (χ1) is 12.0. The van der Waals surface area contributed by atoms with E-state index in [9.17, 15) is 8.42 Å². The van der Waals surface area contributed by atoms with Crippen LogP contribution in [0, 0.1) is 0 Å². The molecule has 1 aromatic heterocycles. The quantitative estimate of drug-likeness (QED) is 0.774. The largest absolute Gasteiger partial charge is 0.295 e. The summed E-state index contributed by atoms with van der Waals surface area (Å²) in [6, 6.07) is 7.38. The molecule has 25 heavy (non-hydrogen) atoms. The fourth-order valence-corrected chi connectivity index (χ4v) is 5.00. The summed E-state index contributed by atoms with van der Waals surface area (Å²) < 4.78 is 27.3. The highest BCUT2D eigenvalue weighted by Crippen LogP contribution is 2.23. The zero-order chi connectivity index (χ0) is 17.9. The SMILES string of the molecule is CCC(C)c1ccc(S(=O)(=O)N2CCN(Cc3cscn3)CC2)cc1. The first kappa shape index (κ1) is 18.5. The Morgan fingerprint density at radius 1 is 1.16 bits per heavy atom. The lowest BCUT2D eigenvalue weighted by Gasteiger charge is -2.33. The maximum absolute atomic E-state index is 12.9. The van der Waals surface area contributed by atoms with Crippen molar-refractivity contribution < 1.29 is 8.42 Å². The zero-order valence-electron chi connectivity index (χ0n) is 14.8. The topological polar surface area (TPSA) is 53.5 Å². The first-order valence-corrected chi connectivity index (χ1v) is 11.1. The van der Waals surface area contributed by atoms with Crippen molar-refractivity contribution in [3.63, 3.8) is 0 Å². The van der Waals surface area contributed by atoms with Crippen LogP contribution in [0.5, 0.6) is 0 Å². The Labute approximate surface area is 154 Å². The molecule has 0 bridgehead atoms. The van der Waals surface area contributed by atoms with E-state index < -0.39 is 10.0 Å². The molecule has 1 unspecified atom stereocenters. The molecule has 1 aliphatic rings. The molecule has 1 aliphatic heterocycles. The first-order valence-electron chi connectivity index (χ1n) is 8.70. The van der Waals surface area contributed by atoms with Crippen molar-refractivity contribution >= 4 is 21.4 Å². The summed E-state index contributed by atoms with van der Waals surface area (Å²) in [6.45, 7) is 7.62. The smallest absolute Gasteiger partial charge is 0.243 e. The second kappa shape index (κ2) is 7.95. The lowest BCUT2D eigenvalue weighted by atomic mass is 9.99. The third-order valence-corrected chi connectivity index (χ3v) is 7.45. The van der Waals surface area contributed by atoms with E-state index in [4.69, 9.17) is 0 Å². The van der Waals surface area contributed by atoms with Crippen molar-refractivity contribution in [2.75, 3.05) is 26.2 Å². The molecule has 0 spiro atoms. The average Bonchev–Trinajstić information content (AvgIpc) is 3.14. The number of rotatable bonds is 6. The fraction of sp³-hybridized carbons (Fsp3) is 0.500. The van der Waals surface area contributed by atoms with E-state index >= 15 is 0 Å². The highest BCUT2D eigenvalue weighted by atomic mass is 32.2. The lowest BCUT2D eigenvalue weighted by molar-refractivity contribution is 0.180. The molecule has 0 N–H and O–H groups in total. The second-order valence-electron chi connectivity index (χ2n) is 6.54. The number of sulfonamides is 1. The third-order valence-electron chi connectivity index (χ3n) is 4.90. The molecule has 0 saturated carbocycles. The van der Waals surface area contributed by atoms with E-state index in [1.165, 1.54) is 5.56 Å². The summed E-state index contributed by atoms with van der Waals surface area (Å²) in [5, 5.41) is 2.04. The van der Waals surface area contributed by atoms with Gasteiger partial charge in [-0.05, 0) is 30.0 Å². The van der Waals surface area contributed by atoms with Crippen molar-refractivity contribution in [3.05, 3.63) is 46.4 Å². The van der Waals surface area contributed by atoms with Crippen LogP contribution in [-0.2, 0) is 16.6 Å². The second-order valence-corrected chi connectivity index (χ2v) is 9.19. The number of piperazine rings is 1. The number of hydrogen-bond acceptors (Lipinski definition) is 5. The van der Waals surface area contributed by atoms with Gasteiger partial charge in [0.25, 0.3) is 0 Å². The molecular formula is C18H25N3O2S2. The molecule has 136 valence electrons. The van der Waals surface area contributed by atoms with Crippen LogP contribution in [0.1, 0.15) is 37.4 Å². The molecule has 1 aromatic carbocycles. The predicted molar refractivity (Wildman–Crippen MR) is 101 cm³/mol. The summed E-state index contributed by atoms with van der Waals surface area (Å²) in [5.74, 6) is 0.450. The van der Waals surface area contributed by atoms with E-state index in [0.29, 0.717) is 23.9 Å². The Morgan fingerprint density at radius 2 is 1.84 bits per heavy atom. The van der Waals surface area contributed by atoms with Gasteiger partial charge in [0.15, 0.2) is 0 Å². The van der Waals surface area contributed by atoms with Crippen LogP contribution in [0.3, 0.4) is 0 Å². The molecular weight excluding hydrogens is 354 g/mol. The normalized spacial score (nSPS) is 18.3. The van der Waals surface area contributed by atoms with Gasteiger partial charge in [-0.3, -0.25) is 4.90 Å². The third kappa shape index (κ3) is 4.28. The van der Waals surface area contributed by atoms with Crippen LogP contribution in [0.4, 0.5) is 0 Å². The van der Waals surface area contributed by atoms with Gasteiger partial charge in [0.1, 0.15) is 0 Å². The molecule has 1 atom stereocenters. The van der Waals surface area contributed by atoms with Crippen LogP contribution in [0.15, 0.2) is 40.1 Å². The molecule has 2 aromatic rings. The van der Waals surface area contributed by atoms with Gasteiger partial charge >= 0.3 is 0 Å². The number of hydrogen-bond donors (Lipinski definition) is 0. The summed E-state index contributed by atoms with van der Waals surface area (Å²) in [4.78, 5) is 6.95. The fourth-order valence-electron chi connectivity index (χ4n) is 3.03. The van der Waals surface area contributed by atoms with Crippen molar-refractivity contribution in [2.24, 2.45) is 0 Å². The Balaban J connectivity index is 1.63. The molecule has 1 fully saturated rings. The Morgan fingerprint density at radius 3 is 2.40 bits per heavy atom. The Kier molecular flexibility index (Phi) is 5.89. The zero-order valence-corrected chi connectivity index (χ0v) is 16.4. The number of thiazole rings is 1. The molecule has 1 saturated heterocycles. The minimum atomic E-state index is -3.40. The van der Waals surface area contributed by atoms with Crippen LogP contribution >= 0.6 is 11.3 Å². The molecule has 0 amide bonds. The summed E-state index contributed by atoms with van der Waals surface area (Å²) in [7, 11) is -3.40. The van der Waals surface area contributed by atoms with E-state index in [1.54, 1.807) is 27.8 Å². The van der Waals surface area contributed by atoms with Gasteiger partial charge in [0, 0.05) is 38.1 Å². The minimum absolute atomic E-state index is 0.396. The van der Waals surface area contributed by atoms with Crippen LogP contribution in [-0.4, -0.2) is 48.8 Å². The summed E-state index contributed by atoms with van der Waals surface area (Å²) in [5.41, 5.74) is 4.08. The van der Waals surface area contributed by atoms with E-state index in [-0.39, 0.29) is 0 Å².